The third-order valence-electron chi connectivity index (χ3n) is 5.01. The van der Waals surface area contributed by atoms with Crippen molar-refractivity contribution in [3.8, 4) is 5.75 Å². The van der Waals surface area contributed by atoms with E-state index in [1.54, 1.807) is 0 Å². The molecule has 3 rings (SSSR count). The highest BCUT2D eigenvalue weighted by atomic mass is 35.5. The lowest BCUT2D eigenvalue weighted by Crippen LogP contribution is -2.54. The number of rotatable bonds is 4. The van der Waals surface area contributed by atoms with E-state index in [0.717, 1.165) is 18.7 Å². The average Bonchev–Trinajstić information content (AvgIpc) is 2.63. The molecule has 0 aromatic heterocycles. The number of nitrogens with two attached hydrogens (primary N) is 1. The van der Waals surface area contributed by atoms with E-state index in [-0.39, 0.29) is 36.4 Å². The van der Waals surface area contributed by atoms with Crippen LogP contribution in [0.1, 0.15) is 36.8 Å². The van der Waals surface area contributed by atoms with Crippen LogP contribution in [0.3, 0.4) is 0 Å². The van der Waals surface area contributed by atoms with Gasteiger partial charge in [-0.2, -0.15) is 0 Å². The van der Waals surface area contributed by atoms with Crippen LogP contribution >= 0.6 is 35.9 Å². The molecular weight excluding hydrogens is 388 g/mol. The second-order valence-electron chi connectivity index (χ2n) is 7.48. The van der Waals surface area contributed by atoms with E-state index >= 15 is 0 Å². The SMILES string of the molecule is CC1(C)CN(C(=O)COc2ccc(C3SCCCS3)cc2)CCC1N.Cl. The molecule has 7 heteroatoms. The molecule has 2 aliphatic heterocycles. The Bertz CT molecular complexity index is 592. The lowest BCUT2D eigenvalue weighted by atomic mass is 9.80. The summed E-state index contributed by atoms with van der Waals surface area (Å²) in [6.45, 7) is 5.76. The zero-order valence-corrected chi connectivity index (χ0v) is 17.9. The largest absolute Gasteiger partial charge is 0.484 e. The van der Waals surface area contributed by atoms with Crippen molar-refractivity contribution in [3.63, 3.8) is 0 Å². The third kappa shape index (κ3) is 5.47. The number of carbonyl (C=O) groups is 1. The van der Waals surface area contributed by atoms with Gasteiger partial charge in [0.05, 0.1) is 4.58 Å². The van der Waals surface area contributed by atoms with Crippen molar-refractivity contribution in [2.45, 2.75) is 37.3 Å². The van der Waals surface area contributed by atoms with Crippen molar-refractivity contribution in [1.82, 2.24) is 4.90 Å². The van der Waals surface area contributed by atoms with Gasteiger partial charge in [-0.1, -0.05) is 26.0 Å². The number of likely N-dealkylation sites (tertiary alicyclic amines) is 1. The van der Waals surface area contributed by atoms with Crippen LogP contribution < -0.4 is 10.5 Å². The van der Waals surface area contributed by atoms with Crippen LogP contribution in [-0.2, 0) is 4.79 Å². The fourth-order valence-electron chi connectivity index (χ4n) is 3.22. The maximum absolute atomic E-state index is 12.4. The lowest BCUT2D eigenvalue weighted by molar-refractivity contribution is -0.136. The summed E-state index contributed by atoms with van der Waals surface area (Å²) < 4.78 is 6.25. The Morgan fingerprint density at radius 3 is 2.54 bits per heavy atom. The standard InChI is InChI=1S/C19H28N2O2S2.ClH/c1-19(2)13-21(9-8-16(19)20)17(22)12-23-15-6-4-14(5-7-15)18-24-10-3-11-25-18;/h4-7,16,18H,3,8-13,20H2,1-2H3;1H. The molecule has 4 nitrogen and oxygen atoms in total. The zero-order valence-electron chi connectivity index (χ0n) is 15.5. The summed E-state index contributed by atoms with van der Waals surface area (Å²) in [5.41, 5.74) is 7.44. The van der Waals surface area contributed by atoms with E-state index in [1.165, 1.54) is 23.5 Å². The Morgan fingerprint density at radius 1 is 1.27 bits per heavy atom. The number of ether oxygens (including phenoxy) is 1. The molecule has 1 amide bonds. The van der Waals surface area contributed by atoms with Gasteiger partial charge in [0.25, 0.3) is 5.91 Å². The van der Waals surface area contributed by atoms with E-state index in [2.05, 4.69) is 26.0 Å². The van der Waals surface area contributed by atoms with Crippen LogP contribution in [0.15, 0.2) is 24.3 Å². The molecule has 146 valence electrons. The van der Waals surface area contributed by atoms with Gasteiger partial charge in [-0.05, 0) is 47.5 Å². The number of piperidine rings is 1. The van der Waals surface area contributed by atoms with Crippen LogP contribution in [0.5, 0.6) is 5.75 Å². The molecule has 2 saturated heterocycles. The topological polar surface area (TPSA) is 55.6 Å². The third-order valence-corrected chi connectivity index (χ3v) is 8.02. The van der Waals surface area contributed by atoms with Gasteiger partial charge in [0.15, 0.2) is 6.61 Å². The van der Waals surface area contributed by atoms with Gasteiger partial charge in [0.2, 0.25) is 0 Å². The summed E-state index contributed by atoms with van der Waals surface area (Å²) in [5, 5.41) is 0. The van der Waals surface area contributed by atoms with Crippen molar-refractivity contribution in [2.75, 3.05) is 31.2 Å². The van der Waals surface area contributed by atoms with Crippen LogP contribution in [-0.4, -0.2) is 48.1 Å². The molecule has 2 heterocycles. The van der Waals surface area contributed by atoms with E-state index in [0.29, 0.717) is 11.1 Å². The van der Waals surface area contributed by atoms with Crippen molar-refractivity contribution < 1.29 is 9.53 Å². The van der Waals surface area contributed by atoms with Gasteiger partial charge < -0.3 is 15.4 Å². The molecule has 2 aliphatic rings. The Kier molecular flexibility index (Phi) is 8.01. The maximum Gasteiger partial charge on any atom is 0.260 e. The summed E-state index contributed by atoms with van der Waals surface area (Å²) >= 11 is 4.02. The van der Waals surface area contributed by atoms with E-state index in [1.807, 2.05) is 40.6 Å². The molecule has 1 atom stereocenters. The number of nitrogens with zero attached hydrogens (tertiary/aromatic N) is 1. The molecule has 1 aromatic rings. The molecule has 2 N–H and O–H groups in total. The van der Waals surface area contributed by atoms with Crippen molar-refractivity contribution in [1.29, 1.82) is 0 Å². The molecule has 0 radical (unpaired) electrons. The Labute approximate surface area is 171 Å². The molecule has 0 aliphatic carbocycles. The minimum Gasteiger partial charge on any atom is -0.484 e. The van der Waals surface area contributed by atoms with E-state index in [4.69, 9.17) is 10.5 Å². The molecule has 1 aromatic carbocycles. The fourth-order valence-corrected chi connectivity index (χ4v) is 6.12. The summed E-state index contributed by atoms with van der Waals surface area (Å²) in [4.78, 5) is 14.3. The first kappa shape index (κ1) is 21.7. The second-order valence-corrected chi connectivity index (χ2v) is 10.2. The minimum absolute atomic E-state index is 0. The predicted octanol–water partition coefficient (Wildman–Crippen LogP) is 3.94. The molecule has 26 heavy (non-hydrogen) atoms. The zero-order chi connectivity index (χ0) is 17.9. The first-order valence-corrected chi connectivity index (χ1v) is 11.0. The number of thioether (sulfide) groups is 2. The average molecular weight is 417 g/mol. The van der Waals surface area contributed by atoms with Crippen LogP contribution in [0.4, 0.5) is 0 Å². The first-order valence-electron chi connectivity index (χ1n) is 8.95. The highest BCUT2D eigenvalue weighted by Crippen LogP contribution is 2.43. The van der Waals surface area contributed by atoms with Crippen molar-refractivity contribution >= 4 is 41.8 Å². The first-order chi connectivity index (χ1) is 12.0. The number of carbonyl (C=O) groups excluding carboxylic acids is 1. The minimum atomic E-state index is -0.0368. The Morgan fingerprint density at radius 2 is 1.92 bits per heavy atom. The van der Waals surface area contributed by atoms with Gasteiger partial charge in [-0.25, -0.2) is 0 Å². The number of hydrogen-bond acceptors (Lipinski definition) is 5. The van der Waals surface area contributed by atoms with Crippen LogP contribution in [0.2, 0.25) is 0 Å². The van der Waals surface area contributed by atoms with Gasteiger partial charge in [-0.15, -0.1) is 35.9 Å². The molecule has 0 bridgehead atoms. The monoisotopic (exact) mass is 416 g/mol. The van der Waals surface area contributed by atoms with Gasteiger partial charge >= 0.3 is 0 Å². The van der Waals surface area contributed by atoms with Gasteiger partial charge in [0.1, 0.15) is 5.75 Å². The summed E-state index contributed by atoms with van der Waals surface area (Å²) in [6, 6.07) is 8.36. The number of benzene rings is 1. The smallest absolute Gasteiger partial charge is 0.260 e. The van der Waals surface area contributed by atoms with Crippen LogP contribution in [0.25, 0.3) is 0 Å². The predicted molar refractivity (Wildman–Crippen MR) is 114 cm³/mol. The fraction of sp³-hybridized carbons (Fsp3) is 0.632. The second kappa shape index (κ2) is 9.58. The Hall–Kier alpha value is -0.560. The Balaban J connectivity index is 0.00000243. The van der Waals surface area contributed by atoms with Crippen LogP contribution in [0, 0.1) is 5.41 Å². The molecule has 0 saturated carbocycles. The van der Waals surface area contributed by atoms with E-state index < -0.39 is 0 Å². The van der Waals surface area contributed by atoms with E-state index in [9.17, 15) is 4.79 Å². The van der Waals surface area contributed by atoms with Gasteiger partial charge in [-0.3, -0.25) is 4.79 Å². The molecule has 1 unspecified atom stereocenters. The molecule has 2 fully saturated rings. The number of amides is 1. The van der Waals surface area contributed by atoms with Gasteiger partial charge in [0, 0.05) is 19.1 Å². The molecular formula is C19H29ClN2O2S2. The van der Waals surface area contributed by atoms with Crippen molar-refractivity contribution in [2.24, 2.45) is 11.1 Å². The normalized spacial score (nSPS) is 23.2. The lowest BCUT2D eigenvalue weighted by Gasteiger charge is -2.42. The quantitative estimate of drug-likeness (QED) is 0.805. The number of hydrogen-bond donors (Lipinski definition) is 1. The molecule has 0 spiro atoms. The van der Waals surface area contributed by atoms with Crippen molar-refractivity contribution in [3.05, 3.63) is 29.8 Å². The highest BCUT2D eigenvalue weighted by molar-refractivity contribution is 8.16. The number of halogens is 1. The maximum atomic E-state index is 12.4. The summed E-state index contributed by atoms with van der Waals surface area (Å²) in [6.07, 6.45) is 2.15. The highest BCUT2D eigenvalue weighted by Gasteiger charge is 2.35. The summed E-state index contributed by atoms with van der Waals surface area (Å²) in [5.74, 6) is 3.28. The summed E-state index contributed by atoms with van der Waals surface area (Å²) in [7, 11) is 0.